The van der Waals surface area contributed by atoms with E-state index in [1.54, 1.807) is 0 Å². The van der Waals surface area contributed by atoms with Crippen LogP contribution in [-0.4, -0.2) is 30.6 Å². The SMILES string of the molecule is CN(CCC1CC1)C1CCC(N)CC1. The average Bonchev–Trinajstić information content (AvgIpc) is 2.99. The molecule has 2 fully saturated rings. The van der Waals surface area contributed by atoms with Crippen LogP contribution in [0.1, 0.15) is 44.9 Å². The van der Waals surface area contributed by atoms with Crippen molar-refractivity contribution in [2.75, 3.05) is 13.6 Å². The molecule has 2 aliphatic carbocycles. The second-order valence-corrected chi connectivity index (χ2v) is 5.28. The lowest BCUT2D eigenvalue weighted by Crippen LogP contribution is -2.39. The van der Waals surface area contributed by atoms with Crippen molar-refractivity contribution >= 4 is 0 Å². The Bertz CT molecular complexity index is 169. The van der Waals surface area contributed by atoms with Crippen LogP contribution in [0.2, 0.25) is 0 Å². The van der Waals surface area contributed by atoms with Crippen molar-refractivity contribution in [2.45, 2.75) is 57.0 Å². The molecule has 0 heterocycles. The minimum absolute atomic E-state index is 0.489. The van der Waals surface area contributed by atoms with E-state index < -0.39 is 0 Å². The van der Waals surface area contributed by atoms with Crippen LogP contribution >= 0.6 is 0 Å². The predicted molar refractivity (Wildman–Crippen MR) is 60.2 cm³/mol. The molecule has 0 atom stereocenters. The molecule has 2 heteroatoms. The lowest BCUT2D eigenvalue weighted by Gasteiger charge is -2.33. The van der Waals surface area contributed by atoms with Crippen LogP contribution in [-0.2, 0) is 0 Å². The van der Waals surface area contributed by atoms with E-state index in [0.29, 0.717) is 6.04 Å². The summed E-state index contributed by atoms with van der Waals surface area (Å²) < 4.78 is 0. The van der Waals surface area contributed by atoms with Gasteiger partial charge in [0, 0.05) is 12.1 Å². The molecule has 2 aliphatic rings. The van der Waals surface area contributed by atoms with Gasteiger partial charge in [-0.3, -0.25) is 0 Å². The second kappa shape index (κ2) is 4.63. The van der Waals surface area contributed by atoms with E-state index in [0.717, 1.165) is 12.0 Å². The predicted octanol–water partition coefficient (Wildman–Crippen LogP) is 1.99. The molecule has 2 rings (SSSR count). The highest BCUT2D eigenvalue weighted by Gasteiger charge is 2.25. The van der Waals surface area contributed by atoms with Gasteiger partial charge < -0.3 is 10.6 Å². The maximum Gasteiger partial charge on any atom is 0.00933 e. The summed E-state index contributed by atoms with van der Waals surface area (Å²) >= 11 is 0. The molecule has 0 bridgehead atoms. The third-order valence-corrected chi connectivity index (χ3v) is 3.95. The third kappa shape index (κ3) is 2.96. The fraction of sp³-hybridized carbons (Fsp3) is 1.00. The monoisotopic (exact) mass is 196 g/mol. The Hall–Kier alpha value is -0.0800. The van der Waals surface area contributed by atoms with E-state index in [-0.39, 0.29) is 0 Å². The van der Waals surface area contributed by atoms with E-state index in [2.05, 4.69) is 11.9 Å². The van der Waals surface area contributed by atoms with Gasteiger partial charge in [0.15, 0.2) is 0 Å². The molecule has 0 aromatic carbocycles. The minimum atomic E-state index is 0.489. The van der Waals surface area contributed by atoms with E-state index >= 15 is 0 Å². The Balaban J connectivity index is 1.65. The molecule has 0 aromatic heterocycles. The second-order valence-electron chi connectivity index (χ2n) is 5.28. The fourth-order valence-corrected chi connectivity index (χ4v) is 2.52. The van der Waals surface area contributed by atoms with Crippen molar-refractivity contribution in [3.8, 4) is 0 Å². The zero-order valence-electron chi connectivity index (χ0n) is 9.41. The van der Waals surface area contributed by atoms with Crippen molar-refractivity contribution in [1.29, 1.82) is 0 Å². The van der Waals surface area contributed by atoms with Crippen LogP contribution in [0, 0.1) is 5.92 Å². The van der Waals surface area contributed by atoms with Gasteiger partial charge in [0.1, 0.15) is 0 Å². The average molecular weight is 196 g/mol. The van der Waals surface area contributed by atoms with Gasteiger partial charge in [-0.15, -0.1) is 0 Å². The van der Waals surface area contributed by atoms with Crippen molar-refractivity contribution < 1.29 is 0 Å². The highest BCUT2D eigenvalue weighted by atomic mass is 15.1. The molecule has 0 unspecified atom stereocenters. The van der Waals surface area contributed by atoms with Crippen molar-refractivity contribution in [3.63, 3.8) is 0 Å². The number of nitrogens with zero attached hydrogens (tertiary/aromatic N) is 1. The van der Waals surface area contributed by atoms with Crippen LogP contribution < -0.4 is 5.73 Å². The Morgan fingerprint density at radius 1 is 1.07 bits per heavy atom. The highest BCUT2D eigenvalue weighted by Crippen LogP contribution is 2.33. The summed E-state index contributed by atoms with van der Waals surface area (Å²) in [4.78, 5) is 2.57. The molecule has 0 aromatic rings. The van der Waals surface area contributed by atoms with E-state index in [1.807, 2.05) is 0 Å². The quantitative estimate of drug-likeness (QED) is 0.745. The summed E-state index contributed by atoms with van der Waals surface area (Å²) in [5, 5.41) is 0. The zero-order chi connectivity index (χ0) is 9.97. The first-order valence-electron chi connectivity index (χ1n) is 6.21. The normalized spacial score (nSPS) is 33.6. The van der Waals surface area contributed by atoms with Crippen LogP contribution in [0.3, 0.4) is 0 Å². The molecule has 0 radical (unpaired) electrons. The van der Waals surface area contributed by atoms with Crippen LogP contribution in [0.5, 0.6) is 0 Å². The van der Waals surface area contributed by atoms with Crippen LogP contribution in [0.4, 0.5) is 0 Å². The Morgan fingerprint density at radius 2 is 1.71 bits per heavy atom. The Kier molecular flexibility index (Phi) is 3.45. The first kappa shape index (κ1) is 10.4. The number of hydrogen-bond acceptors (Lipinski definition) is 2. The zero-order valence-corrected chi connectivity index (χ0v) is 9.41. The van der Waals surface area contributed by atoms with Gasteiger partial charge in [-0.05, 0) is 51.6 Å². The third-order valence-electron chi connectivity index (χ3n) is 3.95. The molecule has 0 aliphatic heterocycles. The standard InChI is InChI=1S/C12H24N2/c1-14(9-8-10-2-3-10)12-6-4-11(13)5-7-12/h10-12H,2-9,13H2,1H3. The van der Waals surface area contributed by atoms with E-state index in [4.69, 9.17) is 5.73 Å². The molecule has 2 saturated carbocycles. The molecule has 82 valence electrons. The summed E-state index contributed by atoms with van der Waals surface area (Å²) in [6, 6.07) is 1.32. The smallest absolute Gasteiger partial charge is 0.00933 e. The van der Waals surface area contributed by atoms with Crippen LogP contribution in [0.25, 0.3) is 0 Å². The van der Waals surface area contributed by atoms with E-state index in [9.17, 15) is 0 Å². The van der Waals surface area contributed by atoms with Gasteiger partial charge in [0.25, 0.3) is 0 Å². The fourth-order valence-electron chi connectivity index (χ4n) is 2.52. The summed E-state index contributed by atoms with van der Waals surface area (Å²) in [5.41, 5.74) is 5.91. The number of hydrogen-bond donors (Lipinski definition) is 1. The summed E-state index contributed by atoms with van der Waals surface area (Å²) in [7, 11) is 2.30. The molecule has 2 nitrogen and oxygen atoms in total. The maximum atomic E-state index is 5.91. The topological polar surface area (TPSA) is 29.3 Å². The molecule has 0 spiro atoms. The van der Waals surface area contributed by atoms with Crippen molar-refractivity contribution in [2.24, 2.45) is 11.7 Å². The molecule has 2 N–H and O–H groups in total. The Labute approximate surface area is 87.8 Å². The first-order valence-corrected chi connectivity index (χ1v) is 6.21. The minimum Gasteiger partial charge on any atom is -0.328 e. The van der Waals surface area contributed by atoms with Crippen LogP contribution in [0.15, 0.2) is 0 Å². The number of nitrogens with two attached hydrogens (primary N) is 1. The van der Waals surface area contributed by atoms with Gasteiger partial charge in [-0.25, -0.2) is 0 Å². The summed E-state index contributed by atoms with van der Waals surface area (Å²) in [5.74, 6) is 1.07. The lowest BCUT2D eigenvalue weighted by molar-refractivity contribution is 0.179. The van der Waals surface area contributed by atoms with Crippen molar-refractivity contribution in [3.05, 3.63) is 0 Å². The Morgan fingerprint density at radius 3 is 2.29 bits per heavy atom. The summed E-state index contributed by atoms with van der Waals surface area (Å²) in [6.45, 7) is 1.31. The molecule has 0 saturated heterocycles. The first-order chi connectivity index (χ1) is 6.75. The number of rotatable bonds is 4. The van der Waals surface area contributed by atoms with Gasteiger partial charge in [-0.1, -0.05) is 12.8 Å². The van der Waals surface area contributed by atoms with Gasteiger partial charge in [0.05, 0.1) is 0 Å². The van der Waals surface area contributed by atoms with Crippen molar-refractivity contribution in [1.82, 2.24) is 4.90 Å². The molecule has 0 amide bonds. The molecule has 14 heavy (non-hydrogen) atoms. The van der Waals surface area contributed by atoms with Gasteiger partial charge >= 0.3 is 0 Å². The summed E-state index contributed by atoms with van der Waals surface area (Å²) in [6.07, 6.45) is 9.52. The van der Waals surface area contributed by atoms with E-state index in [1.165, 1.54) is 51.5 Å². The van der Waals surface area contributed by atoms with Gasteiger partial charge in [0.2, 0.25) is 0 Å². The lowest BCUT2D eigenvalue weighted by atomic mass is 9.91. The van der Waals surface area contributed by atoms with Gasteiger partial charge in [-0.2, -0.15) is 0 Å². The largest absolute Gasteiger partial charge is 0.328 e. The molecular weight excluding hydrogens is 172 g/mol. The highest BCUT2D eigenvalue weighted by molar-refractivity contribution is 4.81. The maximum absolute atomic E-state index is 5.91. The molecular formula is C12H24N2.